The summed E-state index contributed by atoms with van der Waals surface area (Å²) in [4.78, 5) is 12.1. The van der Waals surface area contributed by atoms with Crippen molar-refractivity contribution in [3.8, 4) is 0 Å². The van der Waals surface area contributed by atoms with Crippen LogP contribution < -0.4 is 5.32 Å². The minimum Gasteiger partial charge on any atom is -0.390 e. The lowest BCUT2D eigenvalue weighted by Gasteiger charge is -2.32. The molecule has 1 aliphatic heterocycles. The summed E-state index contributed by atoms with van der Waals surface area (Å²) in [6, 6.07) is 0. The average molecular weight is 241 g/mol. The third-order valence-electron chi connectivity index (χ3n) is 4.15. The van der Waals surface area contributed by atoms with Crippen LogP contribution in [0.1, 0.15) is 38.5 Å². The second kappa shape index (κ2) is 5.94. The summed E-state index contributed by atoms with van der Waals surface area (Å²) in [6.45, 7) is 0.887. The van der Waals surface area contributed by atoms with E-state index in [1.54, 1.807) is 0 Å². The summed E-state index contributed by atoms with van der Waals surface area (Å²) >= 11 is 0. The first kappa shape index (κ1) is 13.0. The van der Waals surface area contributed by atoms with Gasteiger partial charge in [-0.05, 0) is 5.92 Å². The molecule has 0 spiro atoms. The molecule has 3 atom stereocenters. The average Bonchev–Trinajstić information content (AvgIpc) is 2.34. The van der Waals surface area contributed by atoms with E-state index in [9.17, 15) is 15.0 Å². The van der Waals surface area contributed by atoms with Gasteiger partial charge in [0.2, 0.25) is 0 Å². The maximum absolute atomic E-state index is 12.1. The van der Waals surface area contributed by atoms with E-state index in [-0.39, 0.29) is 5.78 Å². The quantitative estimate of drug-likeness (QED) is 0.671. The van der Waals surface area contributed by atoms with Crippen LogP contribution in [0.4, 0.5) is 0 Å². The standard InChI is InChI=1S/C13H23NO3/c15-11(6-9-4-2-1-3-5-9)10-7-14-8-12(16)13(10)17/h9-10,12-14,16-17H,1-8H2/t10-,12-,13-/m1/s1. The zero-order chi connectivity index (χ0) is 12.3. The summed E-state index contributed by atoms with van der Waals surface area (Å²) in [5.41, 5.74) is 0. The van der Waals surface area contributed by atoms with Gasteiger partial charge in [0.05, 0.1) is 18.1 Å². The van der Waals surface area contributed by atoms with Crippen molar-refractivity contribution >= 4 is 5.78 Å². The topological polar surface area (TPSA) is 69.6 Å². The van der Waals surface area contributed by atoms with Gasteiger partial charge >= 0.3 is 0 Å². The van der Waals surface area contributed by atoms with Gasteiger partial charge in [-0.15, -0.1) is 0 Å². The lowest BCUT2D eigenvalue weighted by Crippen LogP contribution is -2.53. The lowest BCUT2D eigenvalue weighted by atomic mass is 9.81. The number of carbonyl (C=O) groups is 1. The Bertz CT molecular complexity index is 263. The summed E-state index contributed by atoms with van der Waals surface area (Å²) in [5.74, 6) is 0.207. The van der Waals surface area contributed by atoms with Crippen LogP contribution in [-0.2, 0) is 4.79 Å². The molecule has 0 aromatic heterocycles. The van der Waals surface area contributed by atoms with Crippen molar-refractivity contribution < 1.29 is 15.0 Å². The molecule has 0 aromatic carbocycles. The van der Waals surface area contributed by atoms with Crippen molar-refractivity contribution in [3.63, 3.8) is 0 Å². The molecule has 1 saturated carbocycles. The molecule has 4 heteroatoms. The normalized spacial score (nSPS) is 35.8. The Labute approximate surface area is 102 Å². The van der Waals surface area contributed by atoms with E-state index in [0.717, 1.165) is 12.8 Å². The molecule has 0 bridgehead atoms. The molecule has 3 N–H and O–H groups in total. The van der Waals surface area contributed by atoms with E-state index < -0.39 is 18.1 Å². The van der Waals surface area contributed by atoms with Crippen molar-refractivity contribution in [3.05, 3.63) is 0 Å². The Morgan fingerprint density at radius 1 is 1.12 bits per heavy atom. The van der Waals surface area contributed by atoms with Crippen LogP contribution in [0.3, 0.4) is 0 Å². The number of aliphatic hydroxyl groups excluding tert-OH is 2. The fraction of sp³-hybridized carbons (Fsp3) is 0.923. The van der Waals surface area contributed by atoms with E-state index in [2.05, 4.69) is 5.32 Å². The predicted octanol–water partition coefficient (Wildman–Crippen LogP) is 0.467. The zero-order valence-corrected chi connectivity index (χ0v) is 10.3. The van der Waals surface area contributed by atoms with Crippen molar-refractivity contribution in [2.75, 3.05) is 13.1 Å². The number of piperidine rings is 1. The highest BCUT2D eigenvalue weighted by Gasteiger charge is 2.35. The van der Waals surface area contributed by atoms with E-state index in [4.69, 9.17) is 0 Å². The number of nitrogens with one attached hydrogen (secondary N) is 1. The van der Waals surface area contributed by atoms with Gasteiger partial charge in [0.15, 0.2) is 0 Å². The molecule has 98 valence electrons. The Kier molecular flexibility index (Phi) is 4.54. The van der Waals surface area contributed by atoms with E-state index in [1.807, 2.05) is 0 Å². The highest BCUT2D eigenvalue weighted by Crippen LogP contribution is 2.28. The molecule has 0 unspecified atom stereocenters. The Hall–Kier alpha value is -0.450. The second-order valence-electron chi connectivity index (χ2n) is 5.50. The monoisotopic (exact) mass is 241 g/mol. The van der Waals surface area contributed by atoms with Gasteiger partial charge in [0, 0.05) is 19.5 Å². The minimum absolute atomic E-state index is 0.121. The highest BCUT2D eigenvalue weighted by atomic mass is 16.3. The van der Waals surface area contributed by atoms with Gasteiger partial charge in [-0.3, -0.25) is 4.79 Å². The molecule has 1 aliphatic carbocycles. The van der Waals surface area contributed by atoms with Gasteiger partial charge in [0.1, 0.15) is 5.78 Å². The fourth-order valence-electron chi connectivity index (χ4n) is 3.03. The SMILES string of the molecule is O=C(CC1CCCCC1)[C@H]1CNC[C@@H](O)[C@@H]1O. The molecule has 2 aliphatic rings. The number of Topliss-reactive ketones (excluding diaryl/α,β-unsaturated/α-hetero) is 1. The van der Waals surface area contributed by atoms with Crippen LogP contribution in [-0.4, -0.2) is 41.3 Å². The maximum Gasteiger partial charge on any atom is 0.140 e. The first-order valence-corrected chi connectivity index (χ1v) is 6.78. The van der Waals surface area contributed by atoms with Crippen molar-refractivity contribution in [1.29, 1.82) is 0 Å². The van der Waals surface area contributed by atoms with Gasteiger partial charge in [0.25, 0.3) is 0 Å². The van der Waals surface area contributed by atoms with E-state index >= 15 is 0 Å². The van der Waals surface area contributed by atoms with Crippen LogP contribution in [0, 0.1) is 11.8 Å². The third-order valence-corrected chi connectivity index (χ3v) is 4.15. The summed E-state index contributed by atoms with van der Waals surface area (Å²) < 4.78 is 0. The van der Waals surface area contributed by atoms with Crippen LogP contribution in [0.25, 0.3) is 0 Å². The Morgan fingerprint density at radius 2 is 1.82 bits per heavy atom. The molecule has 1 heterocycles. The molecular weight excluding hydrogens is 218 g/mol. The first-order chi connectivity index (χ1) is 8.18. The van der Waals surface area contributed by atoms with Gasteiger partial charge in [-0.1, -0.05) is 32.1 Å². The van der Waals surface area contributed by atoms with Gasteiger partial charge < -0.3 is 15.5 Å². The number of rotatable bonds is 3. The molecule has 0 radical (unpaired) electrons. The largest absolute Gasteiger partial charge is 0.390 e. The number of carbonyl (C=O) groups excluding carboxylic acids is 1. The second-order valence-corrected chi connectivity index (χ2v) is 5.50. The Balaban J connectivity index is 1.85. The molecule has 2 fully saturated rings. The Morgan fingerprint density at radius 3 is 2.53 bits per heavy atom. The number of hydrogen-bond acceptors (Lipinski definition) is 4. The minimum atomic E-state index is -0.882. The van der Waals surface area contributed by atoms with E-state index in [0.29, 0.717) is 25.4 Å². The van der Waals surface area contributed by atoms with Crippen LogP contribution in [0.15, 0.2) is 0 Å². The molecule has 17 heavy (non-hydrogen) atoms. The zero-order valence-electron chi connectivity index (χ0n) is 10.3. The van der Waals surface area contributed by atoms with Crippen molar-refractivity contribution in [2.45, 2.75) is 50.7 Å². The van der Waals surface area contributed by atoms with Gasteiger partial charge in [-0.25, -0.2) is 0 Å². The molecule has 0 amide bonds. The van der Waals surface area contributed by atoms with Gasteiger partial charge in [-0.2, -0.15) is 0 Å². The smallest absolute Gasteiger partial charge is 0.140 e. The van der Waals surface area contributed by atoms with E-state index in [1.165, 1.54) is 19.3 Å². The number of aliphatic hydroxyl groups is 2. The number of β-amino-alcohol motifs (C(OH)–C–C–N with tert-alkyl or cyclic N) is 1. The highest BCUT2D eigenvalue weighted by molar-refractivity contribution is 5.82. The summed E-state index contributed by atoms with van der Waals surface area (Å²) in [6.07, 6.45) is 4.93. The van der Waals surface area contributed by atoms with Crippen LogP contribution in [0.5, 0.6) is 0 Å². The third kappa shape index (κ3) is 3.27. The number of ketones is 1. The van der Waals surface area contributed by atoms with Crippen molar-refractivity contribution in [2.24, 2.45) is 11.8 Å². The molecule has 2 rings (SSSR count). The lowest BCUT2D eigenvalue weighted by molar-refractivity contribution is -0.132. The molecular formula is C13H23NO3. The maximum atomic E-state index is 12.1. The van der Waals surface area contributed by atoms with Crippen LogP contribution >= 0.6 is 0 Å². The molecule has 1 saturated heterocycles. The summed E-state index contributed by atoms with van der Waals surface area (Å²) in [5, 5.41) is 22.4. The fourth-order valence-corrected chi connectivity index (χ4v) is 3.03. The predicted molar refractivity (Wildman–Crippen MR) is 64.6 cm³/mol. The molecule has 0 aromatic rings. The van der Waals surface area contributed by atoms with Crippen molar-refractivity contribution in [1.82, 2.24) is 5.32 Å². The first-order valence-electron chi connectivity index (χ1n) is 6.78. The summed E-state index contributed by atoms with van der Waals surface area (Å²) in [7, 11) is 0. The van der Waals surface area contributed by atoms with Crippen LogP contribution in [0.2, 0.25) is 0 Å². The molecule has 4 nitrogen and oxygen atoms in total. The number of hydrogen-bond donors (Lipinski definition) is 3.